The lowest BCUT2D eigenvalue weighted by Gasteiger charge is -1.96. The first kappa shape index (κ1) is 6.63. The summed E-state index contributed by atoms with van der Waals surface area (Å²) >= 11 is 0. The zero-order chi connectivity index (χ0) is 7.56. The van der Waals surface area contributed by atoms with Crippen LogP contribution in [0, 0.1) is 13.5 Å². The Labute approximate surface area is 60.1 Å². The van der Waals surface area contributed by atoms with Gasteiger partial charge in [0.25, 0.3) is 0 Å². The predicted octanol–water partition coefficient (Wildman–Crippen LogP) is 2.13. The third kappa shape index (κ3) is 1.08. The molecule has 0 spiro atoms. The number of aryl methyl sites for hydroxylation is 1. The van der Waals surface area contributed by atoms with Crippen LogP contribution in [-0.4, -0.2) is 0 Å². The van der Waals surface area contributed by atoms with E-state index in [9.17, 15) is 0 Å². The zero-order valence-electron chi connectivity index (χ0n) is 5.76. The largest absolute Gasteiger partial charge is 0.400 e. The smallest absolute Gasteiger partial charge is 0.192 e. The van der Waals surface area contributed by atoms with Gasteiger partial charge in [0, 0.05) is 5.69 Å². The van der Waals surface area contributed by atoms with Gasteiger partial charge in [-0.05, 0) is 24.6 Å². The number of benzene rings is 1. The molecule has 0 radical (unpaired) electrons. The van der Waals surface area contributed by atoms with Crippen LogP contribution in [0.5, 0.6) is 0 Å². The van der Waals surface area contributed by atoms with Crippen LogP contribution in [0.1, 0.15) is 5.56 Å². The summed E-state index contributed by atoms with van der Waals surface area (Å²) in [4.78, 5) is 3.30. The van der Waals surface area contributed by atoms with E-state index < -0.39 is 0 Å². The molecule has 1 aromatic carbocycles. The van der Waals surface area contributed by atoms with Crippen molar-refractivity contribution in [3.63, 3.8) is 0 Å². The second-order valence-electron chi connectivity index (χ2n) is 2.16. The summed E-state index contributed by atoms with van der Waals surface area (Å²) in [6.07, 6.45) is 0. The fourth-order valence-electron chi connectivity index (χ4n) is 0.747. The van der Waals surface area contributed by atoms with Crippen LogP contribution in [0.3, 0.4) is 0 Å². The molecule has 0 aliphatic carbocycles. The number of anilines is 1. The maximum atomic E-state index is 6.75. The van der Waals surface area contributed by atoms with Crippen LogP contribution in [0.15, 0.2) is 18.2 Å². The van der Waals surface area contributed by atoms with Crippen LogP contribution in [-0.2, 0) is 0 Å². The minimum absolute atomic E-state index is 0.639. The summed E-state index contributed by atoms with van der Waals surface area (Å²) in [6, 6.07) is 5.33. The van der Waals surface area contributed by atoms with Crippen molar-refractivity contribution in [2.45, 2.75) is 6.92 Å². The summed E-state index contributed by atoms with van der Waals surface area (Å²) in [6.45, 7) is 8.65. The summed E-state index contributed by atoms with van der Waals surface area (Å²) in [5.41, 5.74) is 7.72. The number of nitrogens with two attached hydrogens (primary N) is 1. The SMILES string of the molecule is [C-]#[N+]c1cc(N)ccc1C. The van der Waals surface area contributed by atoms with E-state index in [1.165, 1.54) is 0 Å². The highest BCUT2D eigenvalue weighted by atomic mass is 14.7. The second-order valence-corrected chi connectivity index (χ2v) is 2.16. The van der Waals surface area contributed by atoms with Gasteiger partial charge < -0.3 is 5.73 Å². The van der Waals surface area contributed by atoms with Crippen molar-refractivity contribution >= 4 is 11.4 Å². The Morgan fingerprint density at radius 1 is 1.50 bits per heavy atom. The fourth-order valence-corrected chi connectivity index (χ4v) is 0.747. The molecule has 0 saturated heterocycles. The molecule has 0 fully saturated rings. The molecule has 2 N–H and O–H groups in total. The molecule has 0 heterocycles. The van der Waals surface area contributed by atoms with Crippen molar-refractivity contribution in [2.75, 3.05) is 5.73 Å². The summed E-state index contributed by atoms with van der Waals surface area (Å²) < 4.78 is 0. The van der Waals surface area contributed by atoms with Crippen molar-refractivity contribution in [1.29, 1.82) is 0 Å². The van der Waals surface area contributed by atoms with E-state index >= 15 is 0 Å². The van der Waals surface area contributed by atoms with Gasteiger partial charge in [0.1, 0.15) is 0 Å². The van der Waals surface area contributed by atoms with E-state index in [1.54, 1.807) is 12.1 Å². The average molecular weight is 132 g/mol. The Morgan fingerprint density at radius 2 is 2.20 bits per heavy atom. The summed E-state index contributed by atoms with van der Waals surface area (Å²) in [5.74, 6) is 0. The second kappa shape index (κ2) is 2.40. The first-order valence-corrected chi connectivity index (χ1v) is 2.97. The zero-order valence-corrected chi connectivity index (χ0v) is 5.76. The number of nitrogens with zero attached hydrogens (tertiary/aromatic N) is 1. The Balaban J connectivity index is 3.25. The van der Waals surface area contributed by atoms with E-state index in [4.69, 9.17) is 12.3 Å². The Hall–Kier alpha value is -1.49. The first-order valence-electron chi connectivity index (χ1n) is 2.97. The molecular weight excluding hydrogens is 124 g/mol. The van der Waals surface area contributed by atoms with Crippen LogP contribution >= 0.6 is 0 Å². The van der Waals surface area contributed by atoms with Crippen molar-refractivity contribution < 1.29 is 0 Å². The van der Waals surface area contributed by atoms with Crippen LogP contribution in [0.25, 0.3) is 4.85 Å². The molecule has 0 aliphatic rings. The quantitative estimate of drug-likeness (QED) is 0.425. The lowest BCUT2D eigenvalue weighted by atomic mass is 10.2. The van der Waals surface area contributed by atoms with Crippen molar-refractivity contribution in [2.24, 2.45) is 0 Å². The fraction of sp³-hybridized carbons (Fsp3) is 0.125. The van der Waals surface area contributed by atoms with Crippen molar-refractivity contribution in [3.8, 4) is 0 Å². The van der Waals surface area contributed by atoms with Gasteiger partial charge in [0.2, 0.25) is 0 Å². The van der Waals surface area contributed by atoms with Gasteiger partial charge >= 0.3 is 0 Å². The molecule has 50 valence electrons. The van der Waals surface area contributed by atoms with Gasteiger partial charge in [-0.3, -0.25) is 0 Å². The number of rotatable bonds is 0. The summed E-state index contributed by atoms with van der Waals surface area (Å²) in [5, 5.41) is 0. The monoisotopic (exact) mass is 132 g/mol. The minimum atomic E-state index is 0.639. The Kier molecular flexibility index (Phi) is 1.59. The third-order valence-electron chi connectivity index (χ3n) is 1.35. The number of hydrogen-bond donors (Lipinski definition) is 1. The Bertz CT molecular complexity index is 284. The predicted molar refractivity (Wildman–Crippen MR) is 41.9 cm³/mol. The van der Waals surface area contributed by atoms with Crippen molar-refractivity contribution in [1.82, 2.24) is 0 Å². The number of hydrogen-bond acceptors (Lipinski definition) is 1. The maximum Gasteiger partial charge on any atom is 0.192 e. The topological polar surface area (TPSA) is 30.4 Å². The molecule has 0 unspecified atom stereocenters. The van der Waals surface area contributed by atoms with Crippen LogP contribution in [0.2, 0.25) is 0 Å². The lowest BCUT2D eigenvalue weighted by molar-refractivity contribution is 1.49. The molecule has 0 saturated carbocycles. The number of nitrogen functional groups attached to an aromatic ring is 1. The lowest BCUT2D eigenvalue weighted by Crippen LogP contribution is -1.83. The molecule has 0 aromatic heterocycles. The Morgan fingerprint density at radius 3 is 2.70 bits per heavy atom. The molecular formula is C8H8N2. The molecule has 0 bridgehead atoms. The highest BCUT2D eigenvalue weighted by Gasteiger charge is 1.95. The maximum absolute atomic E-state index is 6.75. The molecule has 1 aromatic rings. The van der Waals surface area contributed by atoms with Gasteiger partial charge in [-0.25, -0.2) is 4.85 Å². The van der Waals surface area contributed by atoms with Crippen LogP contribution in [0.4, 0.5) is 11.4 Å². The molecule has 2 nitrogen and oxygen atoms in total. The van der Waals surface area contributed by atoms with Gasteiger partial charge in [-0.15, -0.1) is 0 Å². The van der Waals surface area contributed by atoms with Gasteiger partial charge in [0.15, 0.2) is 5.69 Å². The van der Waals surface area contributed by atoms with Gasteiger partial charge in [-0.2, -0.15) is 0 Å². The third-order valence-corrected chi connectivity index (χ3v) is 1.35. The summed E-state index contributed by atoms with van der Waals surface area (Å²) in [7, 11) is 0. The molecule has 0 amide bonds. The molecule has 0 atom stereocenters. The van der Waals surface area contributed by atoms with E-state index in [2.05, 4.69) is 4.85 Å². The van der Waals surface area contributed by atoms with Crippen molar-refractivity contribution in [3.05, 3.63) is 35.2 Å². The molecule has 1 rings (SSSR count). The van der Waals surface area contributed by atoms with Gasteiger partial charge in [0.05, 0.1) is 6.57 Å². The van der Waals surface area contributed by atoms with Crippen LogP contribution < -0.4 is 5.73 Å². The standard InChI is InChI=1S/C8H8N2/c1-6-3-4-7(9)5-8(6)10-2/h3-5H,9H2,1H3. The van der Waals surface area contributed by atoms with E-state index in [1.807, 2.05) is 13.0 Å². The molecule has 2 heteroatoms. The average Bonchev–Trinajstić information content (AvgIpc) is 1.94. The van der Waals surface area contributed by atoms with E-state index in [0.29, 0.717) is 11.4 Å². The van der Waals surface area contributed by atoms with Gasteiger partial charge in [-0.1, -0.05) is 6.07 Å². The molecule has 10 heavy (non-hydrogen) atoms. The minimum Gasteiger partial charge on any atom is -0.400 e. The highest BCUT2D eigenvalue weighted by molar-refractivity contribution is 5.59. The molecule has 0 aliphatic heterocycles. The van der Waals surface area contributed by atoms with E-state index in [0.717, 1.165) is 5.56 Å². The normalized spacial score (nSPS) is 8.80. The first-order chi connectivity index (χ1) is 4.74. The highest BCUT2D eigenvalue weighted by Crippen LogP contribution is 2.20. The van der Waals surface area contributed by atoms with E-state index in [-0.39, 0.29) is 0 Å².